The molecule has 0 amide bonds. The van der Waals surface area contributed by atoms with Crippen LogP contribution in [0.5, 0.6) is 0 Å². The van der Waals surface area contributed by atoms with E-state index in [-0.39, 0.29) is 5.41 Å². The molecule has 0 aliphatic carbocycles. The molecule has 0 atom stereocenters. The van der Waals surface area contributed by atoms with Crippen molar-refractivity contribution in [1.29, 1.82) is 0 Å². The van der Waals surface area contributed by atoms with Crippen LogP contribution in [0.15, 0.2) is 97.5 Å². The van der Waals surface area contributed by atoms with E-state index in [1.54, 1.807) is 12.4 Å². The van der Waals surface area contributed by atoms with Gasteiger partial charge in [0.15, 0.2) is 11.6 Å². The molecule has 0 radical (unpaired) electrons. The van der Waals surface area contributed by atoms with Crippen LogP contribution in [-0.2, 0) is 11.5 Å². The number of para-hydroxylation sites is 1. The van der Waals surface area contributed by atoms with Crippen LogP contribution in [0.3, 0.4) is 0 Å². The molecule has 0 saturated carbocycles. The molecule has 0 bridgehead atoms. The number of anilines is 3. The SMILES string of the molecule is CN1CN(c2cc(C[Si](C)(C)c3ccc4c5ccccc5n(-c5ccccn5)c4c3)cc(C(C)(C)C)c2)c2nccnc21. The zero-order valence-corrected chi connectivity index (χ0v) is 26.8. The van der Waals surface area contributed by atoms with Crippen molar-refractivity contribution in [2.45, 2.75) is 45.3 Å². The number of pyridine rings is 1. The van der Waals surface area contributed by atoms with Gasteiger partial charge in [-0.1, -0.05) is 81.5 Å². The molecule has 0 saturated heterocycles. The van der Waals surface area contributed by atoms with Crippen molar-refractivity contribution >= 4 is 52.4 Å². The maximum absolute atomic E-state index is 4.74. The molecule has 3 aromatic heterocycles. The highest BCUT2D eigenvalue weighted by Gasteiger charge is 2.30. The highest BCUT2D eigenvalue weighted by Crippen LogP contribution is 2.39. The van der Waals surface area contributed by atoms with Crippen LogP contribution in [0.1, 0.15) is 31.9 Å². The summed E-state index contributed by atoms with van der Waals surface area (Å²) in [5, 5.41) is 3.97. The molecular weight excluding hydrogens is 545 g/mol. The van der Waals surface area contributed by atoms with Gasteiger partial charge < -0.3 is 9.80 Å². The van der Waals surface area contributed by atoms with E-state index in [1.807, 2.05) is 12.3 Å². The summed E-state index contributed by atoms with van der Waals surface area (Å²) in [7, 11) is 0.151. The van der Waals surface area contributed by atoms with Gasteiger partial charge >= 0.3 is 0 Å². The Morgan fingerprint density at radius 3 is 2.26 bits per heavy atom. The normalized spacial score (nSPS) is 13.7. The average molecular weight is 583 g/mol. The lowest BCUT2D eigenvalue weighted by Gasteiger charge is -2.28. The van der Waals surface area contributed by atoms with Gasteiger partial charge in [-0.3, -0.25) is 4.57 Å². The van der Waals surface area contributed by atoms with Crippen LogP contribution in [0.25, 0.3) is 27.6 Å². The molecule has 6 nitrogen and oxygen atoms in total. The number of hydrogen-bond donors (Lipinski definition) is 0. The van der Waals surface area contributed by atoms with Crippen LogP contribution in [0, 0.1) is 0 Å². The largest absolute Gasteiger partial charge is 0.338 e. The smallest absolute Gasteiger partial charge is 0.178 e. The summed E-state index contributed by atoms with van der Waals surface area (Å²) in [4.78, 5) is 18.5. The molecule has 1 aliphatic heterocycles. The lowest BCUT2D eigenvalue weighted by molar-refractivity contribution is 0.589. The number of hydrogen-bond acceptors (Lipinski definition) is 5. The number of rotatable bonds is 5. The Morgan fingerprint density at radius 1 is 0.744 bits per heavy atom. The number of nitrogens with zero attached hydrogens (tertiary/aromatic N) is 6. The minimum Gasteiger partial charge on any atom is -0.338 e. The van der Waals surface area contributed by atoms with Crippen LogP contribution >= 0.6 is 0 Å². The summed E-state index contributed by atoms with van der Waals surface area (Å²) in [5.41, 5.74) is 6.34. The summed E-state index contributed by atoms with van der Waals surface area (Å²) < 4.78 is 2.32. The quantitative estimate of drug-likeness (QED) is 0.197. The predicted octanol–water partition coefficient (Wildman–Crippen LogP) is 7.51. The van der Waals surface area contributed by atoms with E-state index < -0.39 is 8.07 Å². The van der Waals surface area contributed by atoms with Crippen molar-refractivity contribution in [3.05, 3.63) is 109 Å². The maximum Gasteiger partial charge on any atom is 0.178 e. The fourth-order valence-electron chi connectivity index (χ4n) is 6.43. The fraction of sp³-hybridized carbons (Fsp3) is 0.250. The molecular formula is C36H38N6Si. The second-order valence-electron chi connectivity index (χ2n) is 13.4. The van der Waals surface area contributed by atoms with E-state index in [1.165, 1.54) is 43.8 Å². The minimum absolute atomic E-state index is 0.0236. The lowest BCUT2D eigenvalue weighted by Crippen LogP contribution is -2.44. The summed E-state index contributed by atoms with van der Waals surface area (Å²) in [6.45, 7) is 12.6. The minimum atomic E-state index is -1.93. The first-order valence-electron chi connectivity index (χ1n) is 15.0. The Hall–Kier alpha value is -4.49. The Labute approximate surface area is 254 Å². The van der Waals surface area contributed by atoms with E-state index in [4.69, 9.17) is 9.97 Å². The molecule has 43 heavy (non-hydrogen) atoms. The van der Waals surface area contributed by atoms with Gasteiger partial charge in [-0.2, -0.15) is 0 Å². The van der Waals surface area contributed by atoms with Crippen molar-refractivity contribution in [3.63, 3.8) is 0 Å². The van der Waals surface area contributed by atoms with E-state index in [0.717, 1.165) is 30.2 Å². The lowest BCUT2D eigenvalue weighted by atomic mass is 9.86. The monoisotopic (exact) mass is 582 g/mol. The number of benzene rings is 3. The zero-order valence-electron chi connectivity index (χ0n) is 25.8. The highest BCUT2D eigenvalue weighted by molar-refractivity contribution is 6.89. The van der Waals surface area contributed by atoms with Crippen LogP contribution in [0.4, 0.5) is 17.3 Å². The van der Waals surface area contributed by atoms with Gasteiger partial charge in [0.1, 0.15) is 5.82 Å². The first kappa shape index (κ1) is 27.3. The Kier molecular flexibility index (Phi) is 6.39. The van der Waals surface area contributed by atoms with Gasteiger partial charge in [0.2, 0.25) is 0 Å². The van der Waals surface area contributed by atoms with Gasteiger partial charge in [0, 0.05) is 42.1 Å². The predicted molar refractivity (Wildman–Crippen MR) is 182 cm³/mol. The molecule has 1 aliphatic rings. The average Bonchev–Trinajstić information content (AvgIpc) is 3.51. The van der Waals surface area contributed by atoms with Gasteiger partial charge in [0.25, 0.3) is 0 Å². The number of aromatic nitrogens is 4. The first-order chi connectivity index (χ1) is 20.6. The van der Waals surface area contributed by atoms with Gasteiger partial charge in [-0.05, 0) is 59.0 Å². The van der Waals surface area contributed by atoms with Gasteiger partial charge in [-0.25, -0.2) is 15.0 Å². The third kappa shape index (κ3) is 4.78. The van der Waals surface area contributed by atoms with Gasteiger partial charge in [0.05, 0.1) is 25.8 Å². The first-order valence-corrected chi connectivity index (χ1v) is 18.2. The molecule has 0 fully saturated rings. The summed E-state index contributed by atoms with van der Waals surface area (Å²) in [5.74, 6) is 2.80. The molecule has 7 rings (SSSR count). The Balaban J connectivity index is 1.32. The molecule has 6 aromatic rings. The van der Waals surface area contributed by atoms with E-state index >= 15 is 0 Å². The Morgan fingerprint density at radius 2 is 1.49 bits per heavy atom. The standard InChI is InChI=1S/C36H38N6Si/c1-36(2,3)26-19-25(20-27(21-26)41-24-40(4)34-35(41)39-18-17-38-34)23-43(5,6)28-14-15-30-29-11-7-8-12-31(29)42(32(30)22-28)33-13-9-10-16-37-33/h7-22H,23-24H2,1-6H3. The molecule has 3 aromatic carbocycles. The molecule has 0 spiro atoms. The van der Waals surface area contributed by atoms with Crippen LogP contribution < -0.4 is 15.0 Å². The van der Waals surface area contributed by atoms with Crippen molar-refractivity contribution in [2.75, 3.05) is 23.5 Å². The van der Waals surface area contributed by atoms with E-state index in [0.29, 0.717) is 0 Å². The second-order valence-corrected chi connectivity index (χ2v) is 18.1. The molecule has 216 valence electrons. The van der Waals surface area contributed by atoms with E-state index in [9.17, 15) is 0 Å². The topological polar surface area (TPSA) is 50.1 Å². The molecule has 4 heterocycles. The fourth-order valence-corrected chi connectivity index (χ4v) is 8.93. The number of fused-ring (bicyclic) bond motifs is 4. The van der Waals surface area contributed by atoms with Crippen molar-refractivity contribution < 1.29 is 0 Å². The molecule has 0 N–H and O–H groups in total. The summed E-state index contributed by atoms with van der Waals surface area (Å²) in [6.07, 6.45) is 5.43. The van der Waals surface area contributed by atoms with Gasteiger partial charge in [-0.15, -0.1) is 0 Å². The van der Waals surface area contributed by atoms with Crippen LogP contribution in [-0.4, -0.2) is 41.3 Å². The van der Waals surface area contributed by atoms with E-state index in [2.05, 4.69) is 133 Å². The second kappa shape index (κ2) is 10.1. The van der Waals surface area contributed by atoms with Crippen molar-refractivity contribution in [1.82, 2.24) is 19.5 Å². The Bertz CT molecular complexity index is 1970. The summed E-state index contributed by atoms with van der Waals surface area (Å²) >= 11 is 0. The zero-order chi connectivity index (χ0) is 29.9. The van der Waals surface area contributed by atoms with Crippen molar-refractivity contribution in [3.8, 4) is 5.82 Å². The third-order valence-corrected chi connectivity index (χ3v) is 11.9. The summed E-state index contributed by atoms with van der Waals surface area (Å²) in [6, 6.07) is 30.1. The maximum atomic E-state index is 4.74. The van der Waals surface area contributed by atoms with Crippen LogP contribution in [0.2, 0.25) is 13.1 Å². The molecule has 7 heteroatoms. The molecule has 0 unspecified atom stereocenters. The third-order valence-electron chi connectivity index (χ3n) is 8.77. The highest BCUT2D eigenvalue weighted by atomic mass is 28.3. The van der Waals surface area contributed by atoms with Crippen molar-refractivity contribution in [2.24, 2.45) is 0 Å².